The van der Waals surface area contributed by atoms with Gasteiger partial charge in [0, 0.05) is 46.6 Å². The van der Waals surface area contributed by atoms with Crippen molar-refractivity contribution in [2.45, 2.75) is 13.2 Å². The Morgan fingerprint density at radius 3 is 2.30 bits per heavy atom. The monoisotopic (exact) mass is 506 g/mol. The van der Waals surface area contributed by atoms with Crippen LogP contribution in [0, 0.1) is 0 Å². The highest BCUT2D eigenvalue weighted by atomic mass is 35.5. The molecule has 4 rings (SSSR count). The van der Waals surface area contributed by atoms with E-state index in [1.54, 1.807) is 25.3 Å². The minimum Gasteiger partial charge on any atom is -0.493 e. The number of benzene rings is 3. The lowest BCUT2D eigenvalue weighted by atomic mass is 10.2. The van der Waals surface area contributed by atoms with Gasteiger partial charge < -0.3 is 24.4 Å². The summed E-state index contributed by atoms with van der Waals surface area (Å²) in [6.45, 7) is 4.15. The maximum atomic E-state index is 6.53. The second kappa shape index (κ2) is 11.2. The average molecular weight is 508 g/mol. The Bertz CT molecular complexity index is 1070. The molecule has 0 aromatic heterocycles. The average Bonchev–Trinajstić information content (AvgIpc) is 2.84. The summed E-state index contributed by atoms with van der Waals surface area (Å²) in [6.07, 6.45) is 0. The molecular formula is C25H25Cl3N2O3. The molecule has 0 saturated carbocycles. The molecule has 0 unspecified atom stereocenters. The predicted molar refractivity (Wildman–Crippen MR) is 136 cm³/mol. The first kappa shape index (κ1) is 23.8. The highest BCUT2D eigenvalue weighted by molar-refractivity contribution is 6.36. The quantitative estimate of drug-likeness (QED) is 0.368. The molecule has 1 aliphatic heterocycles. The molecule has 0 atom stereocenters. The minimum absolute atomic E-state index is 0.182. The molecule has 1 aliphatic rings. The Morgan fingerprint density at radius 2 is 1.64 bits per heavy atom. The molecule has 8 heteroatoms. The van der Waals surface area contributed by atoms with E-state index in [0.29, 0.717) is 38.7 Å². The van der Waals surface area contributed by atoms with Crippen LogP contribution < -0.4 is 19.7 Å². The van der Waals surface area contributed by atoms with Crippen LogP contribution in [0.3, 0.4) is 0 Å². The van der Waals surface area contributed by atoms with E-state index in [0.717, 1.165) is 37.6 Å². The van der Waals surface area contributed by atoms with Crippen molar-refractivity contribution in [3.63, 3.8) is 0 Å². The van der Waals surface area contributed by atoms with Gasteiger partial charge in [0.05, 0.1) is 25.3 Å². The van der Waals surface area contributed by atoms with Gasteiger partial charge in [-0.25, -0.2) is 0 Å². The summed E-state index contributed by atoms with van der Waals surface area (Å²) in [7, 11) is 1.59. The van der Waals surface area contributed by atoms with Crippen LogP contribution in [0.1, 0.15) is 11.1 Å². The van der Waals surface area contributed by atoms with Crippen LogP contribution in [0.15, 0.2) is 54.6 Å². The van der Waals surface area contributed by atoms with E-state index >= 15 is 0 Å². The highest BCUT2D eigenvalue weighted by Crippen LogP contribution is 2.38. The summed E-state index contributed by atoms with van der Waals surface area (Å²) in [6, 6.07) is 17.5. The molecule has 3 aromatic rings. The summed E-state index contributed by atoms with van der Waals surface area (Å²) < 4.78 is 16.9. The van der Waals surface area contributed by atoms with Crippen molar-refractivity contribution in [2.24, 2.45) is 0 Å². The summed E-state index contributed by atoms with van der Waals surface area (Å²) in [5.41, 5.74) is 3.90. The molecule has 1 saturated heterocycles. The van der Waals surface area contributed by atoms with E-state index in [2.05, 4.69) is 34.5 Å². The number of nitrogens with one attached hydrogen (secondary N) is 1. The molecule has 3 aromatic carbocycles. The van der Waals surface area contributed by atoms with Crippen LogP contribution in [0.25, 0.3) is 0 Å². The number of hydrogen-bond acceptors (Lipinski definition) is 5. The van der Waals surface area contributed by atoms with Gasteiger partial charge in [-0.05, 0) is 54.1 Å². The summed E-state index contributed by atoms with van der Waals surface area (Å²) >= 11 is 19.0. The van der Waals surface area contributed by atoms with Crippen LogP contribution in [0.2, 0.25) is 15.1 Å². The van der Waals surface area contributed by atoms with Crippen molar-refractivity contribution in [2.75, 3.05) is 43.6 Å². The molecule has 0 spiro atoms. The van der Waals surface area contributed by atoms with Gasteiger partial charge >= 0.3 is 0 Å². The number of anilines is 2. The van der Waals surface area contributed by atoms with Crippen molar-refractivity contribution < 1.29 is 14.2 Å². The minimum atomic E-state index is 0.182. The van der Waals surface area contributed by atoms with Gasteiger partial charge in [0.2, 0.25) is 0 Å². The summed E-state index contributed by atoms with van der Waals surface area (Å²) in [5.74, 6) is 0.999. The predicted octanol–water partition coefficient (Wildman–Crippen LogP) is 6.68. The Hall–Kier alpha value is -2.31. The van der Waals surface area contributed by atoms with Crippen LogP contribution in [-0.4, -0.2) is 33.4 Å². The second-order valence-electron chi connectivity index (χ2n) is 7.60. The maximum Gasteiger partial charge on any atom is 0.180 e. The number of ether oxygens (including phenoxy) is 3. The van der Waals surface area contributed by atoms with E-state index in [1.807, 2.05) is 12.1 Å². The van der Waals surface area contributed by atoms with E-state index in [-0.39, 0.29) is 6.61 Å². The largest absolute Gasteiger partial charge is 0.493 e. The Kier molecular flexibility index (Phi) is 8.10. The standard InChI is InChI=1S/C25H25Cl3N2O3/c1-31-24-14-17(13-23(28)25(24)33-16-20-21(26)3-2-4-22(20)27)15-29-18-5-7-19(8-6-18)30-9-11-32-12-10-30/h2-8,13-14,29H,9-12,15-16H2,1H3. The number of methoxy groups -OCH3 is 1. The Balaban J connectivity index is 1.41. The number of rotatable bonds is 8. The molecule has 0 amide bonds. The molecule has 0 radical (unpaired) electrons. The lowest BCUT2D eigenvalue weighted by Gasteiger charge is -2.29. The van der Waals surface area contributed by atoms with Crippen molar-refractivity contribution in [3.05, 3.63) is 80.8 Å². The molecule has 1 heterocycles. The molecule has 5 nitrogen and oxygen atoms in total. The van der Waals surface area contributed by atoms with E-state index in [4.69, 9.17) is 49.0 Å². The van der Waals surface area contributed by atoms with Gasteiger partial charge in [-0.2, -0.15) is 0 Å². The molecule has 33 heavy (non-hydrogen) atoms. The fourth-order valence-electron chi connectivity index (χ4n) is 3.65. The Morgan fingerprint density at radius 1 is 0.939 bits per heavy atom. The van der Waals surface area contributed by atoms with Crippen LogP contribution in [0.5, 0.6) is 11.5 Å². The first-order chi connectivity index (χ1) is 16.0. The van der Waals surface area contributed by atoms with E-state index in [9.17, 15) is 0 Å². The summed E-state index contributed by atoms with van der Waals surface area (Å²) in [4.78, 5) is 2.33. The first-order valence-electron chi connectivity index (χ1n) is 10.6. The fraction of sp³-hybridized carbons (Fsp3) is 0.280. The van der Waals surface area contributed by atoms with Gasteiger partial charge in [-0.1, -0.05) is 40.9 Å². The highest BCUT2D eigenvalue weighted by Gasteiger charge is 2.15. The zero-order valence-corrected chi connectivity index (χ0v) is 20.5. The van der Waals surface area contributed by atoms with Gasteiger partial charge in [0.15, 0.2) is 11.5 Å². The smallest absolute Gasteiger partial charge is 0.180 e. The number of nitrogens with zero attached hydrogens (tertiary/aromatic N) is 1. The van der Waals surface area contributed by atoms with Gasteiger partial charge in [0.1, 0.15) is 6.61 Å². The lowest BCUT2D eigenvalue weighted by Crippen LogP contribution is -2.36. The third-order valence-electron chi connectivity index (χ3n) is 5.45. The molecule has 0 bridgehead atoms. The maximum absolute atomic E-state index is 6.53. The molecule has 1 N–H and O–H groups in total. The van der Waals surface area contributed by atoms with E-state index < -0.39 is 0 Å². The first-order valence-corrected chi connectivity index (χ1v) is 11.8. The van der Waals surface area contributed by atoms with Crippen LogP contribution in [0.4, 0.5) is 11.4 Å². The lowest BCUT2D eigenvalue weighted by molar-refractivity contribution is 0.122. The molecule has 0 aliphatic carbocycles. The zero-order valence-electron chi connectivity index (χ0n) is 18.2. The van der Waals surface area contributed by atoms with E-state index in [1.165, 1.54) is 5.69 Å². The molecule has 1 fully saturated rings. The topological polar surface area (TPSA) is 43.0 Å². The second-order valence-corrected chi connectivity index (χ2v) is 8.82. The number of hydrogen-bond donors (Lipinski definition) is 1. The third-order valence-corrected chi connectivity index (χ3v) is 6.44. The zero-order chi connectivity index (χ0) is 23.2. The third kappa shape index (κ3) is 5.98. The number of morpholine rings is 1. The van der Waals surface area contributed by atoms with Gasteiger partial charge in [0.25, 0.3) is 0 Å². The van der Waals surface area contributed by atoms with Gasteiger partial charge in [-0.3, -0.25) is 0 Å². The molecule has 174 valence electrons. The number of halogens is 3. The van der Waals surface area contributed by atoms with Crippen molar-refractivity contribution in [1.29, 1.82) is 0 Å². The van der Waals surface area contributed by atoms with Crippen LogP contribution in [-0.2, 0) is 17.9 Å². The normalized spacial score (nSPS) is 13.6. The fourth-order valence-corrected chi connectivity index (χ4v) is 4.44. The summed E-state index contributed by atoms with van der Waals surface area (Å²) in [5, 5.41) is 4.96. The van der Waals surface area contributed by atoms with Gasteiger partial charge in [-0.15, -0.1) is 0 Å². The van der Waals surface area contributed by atoms with Crippen LogP contribution >= 0.6 is 34.8 Å². The van der Waals surface area contributed by atoms with Crippen molar-refractivity contribution >= 4 is 46.2 Å². The SMILES string of the molecule is COc1cc(CNc2ccc(N3CCOCC3)cc2)cc(Cl)c1OCc1c(Cl)cccc1Cl. The Labute approximate surface area is 209 Å². The molecular weight excluding hydrogens is 483 g/mol. The van der Waals surface area contributed by atoms with Crippen molar-refractivity contribution in [3.8, 4) is 11.5 Å². The van der Waals surface area contributed by atoms with Crippen molar-refractivity contribution in [1.82, 2.24) is 0 Å².